The second-order valence-electron chi connectivity index (χ2n) is 8.78. The average Bonchev–Trinajstić information content (AvgIpc) is 3.25. The summed E-state index contributed by atoms with van der Waals surface area (Å²) in [7, 11) is 0. The molecule has 2 heterocycles. The van der Waals surface area contributed by atoms with Gasteiger partial charge in [-0.2, -0.15) is 0 Å². The third-order valence-corrected chi connectivity index (χ3v) is 6.32. The molecular formula is C26H29BrN2O2. The van der Waals surface area contributed by atoms with Gasteiger partial charge in [-0.05, 0) is 42.5 Å². The summed E-state index contributed by atoms with van der Waals surface area (Å²) in [6.07, 6.45) is 5.32. The molecule has 1 aliphatic heterocycles. The molecule has 3 aromatic rings. The zero-order chi connectivity index (χ0) is 22.0. The van der Waals surface area contributed by atoms with Crippen LogP contribution in [0.15, 0.2) is 58.2 Å². The van der Waals surface area contributed by atoms with Gasteiger partial charge in [0.2, 0.25) is 0 Å². The van der Waals surface area contributed by atoms with Crippen LogP contribution in [-0.4, -0.2) is 22.4 Å². The van der Waals surface area contributed by atoms with E-state index in [4.69, 9.17) is 9.73 Å². The Bertz CT molecular complexity index is 1140. The second-order valence-corrected chi connectivity index (χ2v) is 9.70. The Labute approximate surface area is 192 Å². The van der Waals surface area contributed by atoms with Crippen LogP contribution in [0.5, 0.6) is 5.88 Å². The summed E-state index contributed by atoms with van der Waals surface area (Å²) >= 11 is 3.54. The highest BCUT2D eigenvalue weighted by atomic mass is 79.9. The highest BCUT2D eigenvalue weighted by Gasteiger charge is 2.27. The number of halogens is 1. The van der Waals surface area contributed by atoms with Crippen molar-refractivity contribution >= 4 is 43.8 Å². The van der Waals surface area contributed by atoms with Gasteiger partial charge in [0.25, 0.3) is 0 Å². The number of para-hydroxylation sites is 1. The summed E-state index contributed by atoms with van der Waals surface area (Å²) in [4.78, 5) is 7.92. The molecule has 0 spiro atoms. The van der Waals surface area contributed by atoms with Gasteiger partial charge in [0.1, 0.15) is 0 Å². The molecule has 0 aliphatic carbocycles. The lowest BCUT2D eigenvalue weighted by Gasteiger charge is -2.13. The third kappa shape index (κ3) is 4.72. The van der Waals surface area contributed by atoms with Crippen molar-refractivity contribution in [2.45, 2.75) is 40.0 Å². The first kappa shape index (κ1) is 21.7. The van der Waals surface area contributed by atoms with Crippen LogP contribution in [0.25, 0.3) is 16.5 Å². The van der Waals surface area contributed by atoms with Crippen LogP contribution >= 0.6 is 15.9 Å². The zero-order valence-electron chi connectivity index (χ0n) is 18.3. The Kier molecular flexibility index (Phi) is 6.51. The minimum atomic E-state index is 0.118. The molecule has 1 aliphatic rings. The molecule has 0 bridgehead atoms. The lowest BCUT2D eigenvalue weighted by atomic mass is 9.97. The predicted octanol–water partition coefficient (Wildman–Crippen LogP) is 7.59. The maximum atomic E-state index is 10.7. The van der Waals surface area contributed by atoms with Crippen molar-refractivity contribution in [3.8, 4) is 5.88 Å². The van der Waals surface area contributed by atoms with Crippen molar-refractivity contribution in [3.63, 3.8) is 0 Å². The number of aromatic hydroxyl groups is 1. The van der Waals surface area contributed by atoms with E-state index in [-0.39, 0.29) is 5.88 Å². The molecule has 4 rings (SSSR count). The van der Waals surface area contributed by atoms with E-state index in [2.05, 4.69) is 41.7 Å². The number of ether oxygens (including phenoxy) is 1. The van der Waals surface area contributed by atoms with E-state index in [1.54, 1.807) is 0 Å². The van der Waals surface area contributed by atoms with Crippen LogP contribution in [-0.2, 0) is 4.74 Å². The summed E-state index contributed by atoms with van der Waals surface area (Å²) in [6, 6.07) is 13.9. The van der Waals surface area contributed by atoms with E-state index in [1.165, 1.54) is 12.8 Å². The van der Waals surface area contributed by atoms with Crippen LogP contribution in [0.2, 0.25) is 0 Å². The van der Waals surface area contributed by atoms with Gasteiger partial charge in [-0.1, -0.05) is 67.7 Å². The fourth-order valence-electron chi connectivity index (χ4n) is 3.98. The van der Waals surface area contributed by atoms with Crippen LogP contribution in [0.1, 0.15) is 51.2 Å². The third-order valence-electron chi connectivity index (χ3n) is 5.83. The SMILES string of the molecule is CC(C)CCC(C)CCO/C=C1/C(c2c(O)[nH]c3ccc(Br)cc23)=Nc2ccccc21. The molecular weight excluding hydrogens is 452 g/mol. The summed E-state index contributed by atoms with van der Waals surface area (Å²) in [6.45, 7) is 7.50. The smallest absolute Gasteiger partial charge is 0.199 e. The van der Waals surface area contributed by atoms with Crippen molar-refractivity contribution in [2.75, 3.05) is 6.61 Å². The van der Waals surface area contributed by atoms with Gasteiger partial charge < -0.3 is 14.8 Å². The Morgan fingerprint density at radius 3 is 2.71 bits per heavy atom. The number of hydrogen-bond acceptors (Lipinski definition) is 3. The van der Waals surface area contributed by atoms with E-state index in [1.807, 2.05) is 48.7 Å². The number of allylic oxidation sites excluding steroid dienone is 1. The molecule has 2 N–H and O–H groups in total. The van der Waals surface area contributed by atoms with Gasteiger partial charge in [-0.15, -0.1) is 0 Å². The molecule has 0 radical (unpaired) electrons. The molecule has 2 aromatic carbocycles. The molecule has 0 saturated heterocycles. The molecule has 0 fully saturated rings. The first-order valence-corrected chi connectivity index (χ1v) is 11.7. The summed E-state index contributed by atoms with van der Waals surface area (Å²) < 4.78 is 6.96. The number of H-pyrrole nitrogens is 1. The van der Waals surface area contributed by atoms with Gasteiger partial charge >= 0.3 is 0 Å². The van der Waals surface area contributed by atoms with Crippen LogP contribution in [0.3, 0.4) is 0 Å². The normalized spacial score (nSPS) is 15.5. The number of nitrogens with one attached hydrogen (secondary N) is 1. The zero-order valence-corrected chi connectivity index (χ0v) is 19.9. The fraction of sp³-hybridized carbons (Fsp3) is 0.346. The summed E-state index contributed by atoms with van der Waals surface area (Å²) in [5, 5.41) is 11.6. The quantitative estimate of drug-likeness (QED) is 0.257. The Hall–Kier alpha value is -2.53. The molecule has 1 atom stereocenters. The minimum absolute atomic E-state index is 0.118. The fourth-order valence-corrected chi connectivity index (χ4v) is 4.34. The topological polar surface area (TPSA) is 57.6 Å². The highest BCUT2D eigenvalue weighted by Crippen LogP contribution is 2.41. The van der Waals surface area contributed by atoms with E-state index < -0.39 is 0 Å². The monoisotopic (exact) mass is 480 g/mol. The Balaban J connectivity index is 1.60. The van der Waals surface area contributed by atoms with E-state index in [0.29, 0.717) is 18.1 Å². The first-order valence-electron chi connectivity index (χ1n) is 10.9. The summed E-state index contributed by atoms with van der Waals surface area (Å²) in [5.41, 5.74) is 5.12. The number of nitrogens with zero attached hydrogens (tertiary/aromatic N) is 1. The van der Waals surface area contributed by atoms with Gasteiger partial charge in [0.15, 0.2) is 5.88 Å². The largest absolute Gasteiger partial charge is 0.500 e. The van der Waals surface area contributed by atoms with Gasteiger partial charge in [-0.25, -0.2) is 4.99 Å². The Morgan fingerprint density at radius 1 is 1.10 bits per heavy atom. The maximum Gasteiger partial charge on any atom is 0.199 e. The minimum Gasteiger partial charge on any atom is -0.500 e. The van der Waals surface area contributed by atoms with Crippen molar-refractivity contribution in [1.29, 1.82) is 0 Å². The predicted molar refractivity (Wildman–Crippen MR) is 132 cm³/mol. The molecule has 1 unspecified atom stereocenters. The van der Waals surface area contributed by atoms with Crippen LogP contribution < -0.4 is 0 Å². The first-order chi connectivity index (χ1) is 14.9. The molecule has 31 heavy (non-hydrogen) atoms. The van der Waals surface area contributed by atoms with E-state index in [0.717, 1.165) is 50.2 Å². The van der Waals surface area contributed by atoms with Crippen molar-refractivity contribution in [1.82, 2.24) is 4.98 Å². The van der Waals surface area contributed by atoms with Crippen LogP contribution in [0.4, 0.5) is 5.69 Å². The van der Waals surface area contributed by atoms with E-state index >= 15 is 0 Å². The van der Waals surface area contributed by atoms with E-state index in [9.17, 15) is 5.11 Å². The molecule has 0 amide bonds. The van der Waals surface area contributed by atoms with Gasteiger partial charge in [0, 0.05) is 26.5 Å². The number of hydrogen-bond donors (Lipinski definition) is 2. The number of aromatic amines is 1. The van der Waals surface area contributed by atoms with Crippen LogP contribution in [0, 0.1) is 11.8 Å². The standard InChI is InChI=1S/C26H29BrN2O2/c1-16(2)8-9-17(3)12-13-31-15-21-19-6-4-5-7-22(19)28-25(21)24-20-14-18(27)10-11-23(20)29-26(24)30/h4-7,10-11,14-17,29-30H,8-9,12-13H2,1-3H3/b21-15+. The molecule has 1 aromatic heterocycles. The number of benzene rings is 2. The summed E-state index contributed by atoms with van der Waals surface area (Å²) in [5.74, 6) is 1.50. The number of aliphatic imine (C=N–C) groups is 1. The van der Waals surface area contributed by atoms with Gasteiger partial charge in [-0.3, -0.25) is 0 Å². The lowest BCUT2D eigenvalue weighted by molar-refractivity contribution is 0.221. The van der Waals surface area contributed by atoms with Gasteiger partial charge in [0.05, 0.1) is 29.8 Å². The van der Waals surface area contributed by atoms with Crippen molar-refractivity contribution in [2.24, 2.45) is 16.8 Å². The highest BCUT2D eigenvalue weighted by molar-refractivity contribution is 9.10. The van der Waals surface area contributed by atoms with Crippen molar-refractivity contribution in [3.05, 3.63) is 64.3 Å². The molecule has 0 saturated carbocycles. The average molecular weight is 481 g/mol. The molecule has 162 valence electrons. The number of aromatic nitrogens is 1. The number of fused-ring (bicyclic) bond motifs is 2. The molecule has 4 nitrogen and oxygen atoms in total. The Morgan fingerprint density at radius 2 is 1.90 bits per heavy atom. The molecule has 5 heteroatoms. The van der Waals surface area contributed by atoms with Crippen molar-refractivity contribution < 1.29 is 9.84 Å². The second kappa shape index (κ2) is 9.31. The maximum absolute atomic E-state index is 10.7. The lowest BCUT2D eigenvalue weighted by Crippen LogP contribution is -2.04. The number of rotatable bonds is 8.